The highest BCUT2D eigenvalue weighted by Gasteiger charge is 2.27. The minimum atomic E-state index is 0.399. The monoisotopic (exact) mass is 248 g/mol. The molecular formula is C15H24N2O. The molecule has 0 aliphatic carbocycles. The van der Waals surface area contributed by atoms with E-state index in [1.165, 1.54) is 5.56 Å². The molecule has 3 heteroatoms. The molecule has 0 spiro atoms. The standard InChI is InChI=1S/C15H24N2O/c1-18-15-9-10-17(12-15)14(11-16)8-7-13-5-3-2-4-6-13/h2-6,14-15H,7-12,16H2,1H3. The number of benzene rings is 1. The molecule has 1 heterocycles. The number of nitrogens with zero attached hydrogens (tertiary/aromatic N) is 1. The van der Waals surface area contributed by atoms with Crippen molar-refractivity contribution in [2.45, 2.75) is 31.4 Å². The first-order chi connectivity index (χ1) is 8.83. The van der Waals surface area contributed by atoms with Gasteiger partial charge in [-0.2, -0.15) is 0 Å². The van der Waals surface area contributed by atoms with Gasteiger partial charge in [0.25, 0.3) is 0 Å². The Balaban J connectivity index is 1.83. The Kier molecular flexibility index (Phi) is 5.17. The van der Waals surface area contributed by atoms with Crippen LogP contribution in [-0.2, 0) is 11.2 Å². The average Bonchev–Trinajstić information content (AvgIpc) is 2.89. The van der Waals surface area contributed by atoms with Crippen molar-refractivity contribution in [1.82, 2.24) is 4.90 Å². The summed E-state index contributed by atoms with van der Waals surface area (Å²) >= 11 is 0. The molecule has 0 amide bonds. The van der Waals surface area contributed by atoms with E-state index in [4.69, 9.17) is 10.5 Å². The van der Waals surface area contributed by atoms with E-state index < -0.39 is 0 Å². The molecule has 100 valence electrons. The Hall–Kier alpha value is -0.900. The van der Waals surface area contributed by atoms with Gasteiger partial charge in [0.15, 0.2) is 0 Å². The van der Waals surface area contributed by atoms with Gasteiger partial charge >= 0.3 is 0 Å². The van der Waals surface area contributed by atoms with E-state index in [-0.39, 0.29) is 0 Å². The summed E-state index contributed by atoms with van der Waals surface area (Å²) in [7, 11) is 1.80. The van der Waals surface area contributed by atoms with E-state index in [1.54, 1.807) is 7.11 Å². The van der Waals surface area contributed by atoms with Crippen LogP contribution in [0.25, 0.3) is 0 Å². The Morgan fingerprint density at radius 2 is 2.17 bits per heavy atom. The van der Waals surface area contributed by atoms with E-state index in [0.717, 1.165) is 38.9 Å². The lowest BCUT2D eigenvalue weighted by molar-refractivity contribution is 0.100. The van der Waals surface area contributed by atoms with E-state index >= 15 is 0 Å². The second-order valence-corrected chi connectivity index (χ2v) is 5.06. The zero-order chi connectivity index (χ0) is 12.8. The highest BCUT2D eigenvalue weighted by molar-refractivity contribution is 5.14. The van der Waals surface area contributed by atoms with Gasteiger partial charge in [-0.1, -0.05) is 30.3 Å². The number of nitrogens with two attached hydrogens (primary N) is 1. The number of hydrogen-bond acceptors (Lipinski definition) is 3. The van der Waals surface area contributed by atoms with E-state index in [9.17, 15) is 0 Å². The van der Waals surface area contributed by atoms with Gasteiger partial charge in [-0.25, -0.2) is 0 Å². The molecule has 1 aliphatic rings. The van der Waals surface area contributed by atoms with Crippen molar-refractivity contribution < 1.29 is 4.74 Å². The third-order valence-electron chi connectivity index (χ3n) is 3.91. The summed E-state index contributed by atoms with van der Waals surface area (Å²) in [5, 5.41) is 0. The van der Waals surface area contributed by atoms with Crippen molar-refractivity contribution >= 4 is 0 Å². The Morgan fingerprint density at radius 1 is 1.39 bits per heavy atom. The van der Waals surface area contributed by atoms with Crippen molar-refractivity contribution in [3.8, 4) is 0 Å². The lowest BCUT2D eigenvalue weighted by atomic mass is 10.0. The van der Waals surface area contributed by atoms with Crippen molar-refractivity contribution in [1.29, 1.82) is 0 Å². The van der Waals surface area contributed by atoms with Crippen LogP contribution in [0, 0.1) is 0 Å². The third kappa shape index (κ3) is 3.55. The first-order valence-electron chi connectivity index (χ1n) is 6.84. The molecule has 0 aromatic heterocycles. The number of rotatable bonds is 6. The van der Waals surface area contributed by atoms with Crippen LogP contribution < -0.4 is 5.73 Å². The maximum atomic E-state index is 5.92. The van der Waals surface area contributed by atoms with E-state index in [1.807, 2.05) is 0 Å². The predicted molar refractivity (Wildman–Crippen MR) is 74.6 cm³/mol. The summed E-state index contributed by atoms with van der Waals surface area (Å²) in [5.41, 5.74) is 7.32. The smallest absolute Gasteiger partial charge is 0.0710 e. The van der Waals surface area contributed by atoms with Gasteiger partial charge in [0.05, 0.1) is 6.10 Å². The molecule has 2 unspecified atom stereocenters. The van der Waals surface area contributed by atoms with Crippen molar-refractivity contribution in [3.63, 3.8) is 0 Å². The number of hydrogen-bond donors (Lipinski definition) is 1. The molecular weight excluding hydrogens is 224 g/mol. The quantitative estimate of drug-likeness (QED) is 0.832. The molecule has 2 N–H and O–H groups in total. The number of likely N-dealkylation sites (tertiary alicyclic amines) is 1. The van der Waals surface area contributed by atoms with E-state index in [0.29, 0.717) is 12.1 Å². The van der Waals surface area contributed by atoms with Gasteiger partial charge in [-0.3, -0.25) is 4.90 Å². The molecule has 1 aliphatic heterocycles. The average molecular weight is 248 g/mol. The summed E-state index contributed by atoms with van der Waals surface area (Å²) in [6, 6.07) is 11.1. The number of aryl methyl sites for hydroxylation is 1. The van der Waals surface area contributed by atoms with Gasteiger partial charge in [-0.15, -0.1) is 0 Å². The van der Waals surface area contributed by atoms with Crippen molar-refractivity contribution in [2.75, 3.05) is 26.7 Å². The first-order valence-corrected chi connectivity index (χ1v) is 6.84. The van der Waals surface area contributed by atoms with Crippen LogP contribution in [0.15, 0.2) is 30.3 Å². The SMILES string of the molecule is COC1CCN(C(CN)CCc2ccccc2)C1. The fourth-order valence-corrected chi connectivity index (χ4v) is 2.71. The fraction of sp³-hybridized carbons (Fsp3) is 0.600. The molecule has 2 atom stereocenters. The van der Waals surface area contributed by atoms with Crippen molar-refractivity contribution in [2.24, 2.45) is 5.73 Å². The van der Waals surface area contributed by atoms with Crippen LogP contribution in [0.5, 0.6) is 0 Å². The number of ether oxygens (including phenoxy) is 1. The molecule has 1 aromatic rings. The van der Waals surface area contributed by atoms with Crippen LogP contribution in [0.2, 0.25) is 0 Å². The Labute approximate surface area is 110 Å². The minimum absolute atomic E-state index is 0.399. The zero-order valence-corrected chi connectivity index (χ0v) is 11.2. The Bertz CT molecular complexity index is 342. The summed E-state index contributed by atoms with van der Waals surface area (Å²) in [6.45, 7) is 2.89. The fourth-order valence-electron chi connectivity index (χ4n) is 2.71. The van der Waals surface area contributed by atoms with Gasteiger partial charge in [0, 0.05) is 32.8 Å². The molecule has 0 radical (unpaired) electrons. The lowest BCUT2D eigenvalue weighted by Crippen LogP contribution is -2.40. The predicted octanol–water partition coefficient (Wildman–Crippen LogP) is 1.67. The van der Waals surface area contributed by atoms with Gasteiger partial charge in [-0.05, 0) is 24.8 Å². The van der Waals surface area contributed by atoms with Crippen LogP contribution in [0.1, 0.15) is 18.4 Å². The molecule has 1 aromatic carbocycles. The Morgan fingerprint density at radius 3 is 2.78 bits per heavy atom. The highest BCUT2D eigenvalue weighted by Crippen LogP contribution is 2.17. The third-order valence-corrected chi connectivity index (χ3v) is 3.91. The van der Waals surface area contributed by atoms with Gasteiger partial charge in [0.1, 0.15) is 0 Å². The maximum Gasteiger partial charge on any atom is 0.0710 e. The summed E-state index contributed by atoms with van der Waals surface area (Å²) in [4.78, 5) is 2.48. The van der Waals surface area contributed by atoms with Gasteiger partial charge < -0.3 is 10.5 Å². The summed E-state index contributed by atoms with van der Waals surface area (Å²) in [5.74, 6) is 0. The van der Waals surface area contributed by atoms with Crippen LogP contribution in [0.3, 0.4) is 0 Å². The van der Waals surface area contributed by atoms with Crippen LogP contribution >= 0.6 is 0 Å². The molecule has 18 heavy (non-hydrogen) atoms. The molecule has 0 bridgehead atoms. The number of methoxy groups -OCH3 is 1. The summed E-state index contributed by atoms with van der Waals surface area (Å²) in [6.07, 6.45) is 3.78. The van der Waals surface area contributed by atoms with Crippen LogP contribution in [0.4, 0.5) is 0 Å². The molecule has 1 saturated heterocycles. The van der Waals surface area contributed by atoms with Crippen molar-refractivity contribution in [3.05, 3.63) is 35.9 Å². The maximum absolute atomic E-state index is 5.92. The largest absolute Gasteiger partial charge is 0.380 e. The van der Waals surface area contributed by atoms with E-state index in [2.05, 4.69) is 35.2 Å². The topological polar surface area (TPSA) is 38.5 Å². The minimum Gasteiger partial charge on any atom is -0.380 e. The second-order valence-electron chi connectivity index (χ2n) is 5.06. The van der Waals surface area contributed by atoms with Gasteiger partial charge in [0.2, 0.25) is 0 Å². The summed E-state index contributed by atoms with van der Waals surface area (Å²) < 4.78 is 5.42. The molecule has 1 fully saturated rings. The zero-order valence-electron chi connectivity index (χ0n) is 11.2. The second kappa shape index (κ2) is 6.88. The molecule has 2 rings (SSSR count). The first kappa shape index (κ1) is 13.5. The lowest BCUT2D eigenvalue weighted by Gasteiger charge is -2.26. The normalized spacial score (nSPS) is 22.2. The van der Waals surface area contributed by atoms with Crippen LogP contribution in [-0.4, -0.2) is 43.8 Å². The molecule has 0 saturated carbocycles. The highest BCUT2D eigenvalue weighted by atomic mass is 16.5. The molecule has 3 nitrogen and oxygen atoms in total.